The van der Waals surface area contributed by atoms with Crippen molar-refractivity contribution in [2.75, 3.05) is 20.4 Å². The van der Waals surface area contributed by atoms with E-state index in [0.29, 0.717) is 6.61 Å². The van der Waals surface area contributed by atoms with E-state index in [0.717, 1.165) is 19.0 Å². The first kappa shape index (κ1) is 22.8. The summed E-state index contributed by atoms with van der Waals surface area (Å²) in [6, 6.07) is 15.0. The Labute approximate surface area is 178 Å². The van der Waals surface area contributed by atoms with Crippen molar-refractivity contribution in [3.63, 3.8) is 0 Å². The van der Waals surface area contributed by atoms with Crippen molar-refractivity contribution in [1.29, 1.82) is 0 Å². The van der Waals surface area contributed by atoms with E-state index in [4.69, 9.17) is 4.74 Å². The standard InChI is InChI=1S/C20H27N3OS.HI/c1-15-5-10-18(19(11-15)25-4)13-23-20(21-2)22-12-16-6-8-17(9-7-16)14-24-3;/h5-11H,12-14H2,1-4H3,(H2,21,22,23);1H. The largest absolute Gasteiger partial charge is 0.380 e. The fraction of sp³-hybridized carbons (Fsp3) is 0.350. The highest BCUT2D eigenvalue weighted by molar-refractivity contribution is 14.0. The molecular weight excluding hydrogens is 457 g/mol. The average molecular weight is 485 g/mol. The highest BCUT2D eigenvalue weighted by Gasteiger charge is 2.04. The van der Waals surface area contributed by atoms with Crippen LogP contribution in [-0.2, 0) is 24.4 Å². The molecule has 0 amide bonds. The van der Waals surface area contributed by atoms with Gasteiger partial charge in [-0.1, -0.05) is 36.4 Å². The number of halogens is 1. The number of aryl methyl sites for hydroxylation is 1. The maximum atomic E-state index is 5.14. The molecule has 0 fully saturated rings. The van der Waals surface area contributed by atoms with Gasteiger partial charge in [-0.3, -0.25) is 4.99 Å². The van der Waals surface area contributed by atoms with Gasteiger partial charge in [0.05, 0.1) is 6.61 Å². The zero-order chi connectivity index (χ0) is 18.1. The predicted molar refractivity (Wildman–Crippen MR) is 123 cm³/mol. The lowest BCUT2D eigenvalue weighted by Crippen LogP contribution is -2.36. The molecule has 0 bridgehead atoms. The van der Waals surface area contributed by atoms with Crippen LogP contribution in [0.2, 0.25) is 0 Å². The lowest BCUT2D eigenvalue weighted by molar-refractivity contribution is 0.185. The van der Waals surface area contributed by atoms with Crippen LogP contribution in [0.3, 0.4) is 0 Å². The topological polar surface area (TPSA) is 45.7 Å². The molecule has 0 aromatic heterocycles. The Kier molecular flexibility index (Phi) is 10.7. The van der Waals surface area contributed by atoms with E-state index in [2.05, 4.69) is 71.3 Å². The molecule has 26 heavy (non-hydrogen) atoms. The number of guanidine groups is 1. The highest BCUT2D eigenvalue weighted by Crippen LogP contribution is 2.21. The molecule has 0 radical (unpaired) electrons. The number of nitrogens with zero attached hydrogens (tertiary/aromatic N) is 1. The molecule has 2 N–H and O–H groups in total. The molecular formula is C20H28IN3OS. The summed E-state index contributed by atoms with van der Waals surface area (Å²) in [7, 11) is 3.50. The Morgan fingerprint density at radius 3 is 2.31 bits per heavy atom. The van der Waals surface area contributed by atoms with Crippen molar-refractivity contribution in [2.24, 2.45) is 4.99 Å². The van der Waals surface area contributed by atoms with E-state index in [1.54, 1.807) is 25.9 Å². The number of ether oxygens (including phenoxy) is 1. The molecule has 0 saturated heterocycles. The molecule has 4 nitrogen and oxygen atoms in total. The summed E-state index contributed by atoms with van der Waals surface area (Å²) in [6.07, 6.45) is 2.11. The van der Waals surface area contributed by atoms with Crippen molar-refractivity contribution >= 4 is 41.7 Å². The Bertz CT molecular complexity index is 705. The van der Waals surface area contributed by atoms with Crippen molar-refractivity contribution < 1.29 is 4.74 Å². The van der Waals surface area contributed by atoms with Gasteiger partial charge in [0.1, 0.15) is 0 Å². The van der Waals surface area contributed by atoms with E-state index in [9.17, 15) is 0 Å². The van der Waals surface area contributed by atoms with Crippen LogP contribution in [0.15, 0.2) is 52.4 Å². The number of nitrogens with one attached hydrogen (secondary N) is 2. The van der Waals surface area contributed by atoms with Crippen molar-refractivity contribution in [3.05, 3.63) is 64.7 Å². The second kappa shape index (κ2) is 12.2. The zero-order valence-corrected chi connectivity index (χ0v) is 19.0. The van der Waals surface area contributed by atoms with Crippen LogP contribution in [0.25, 0.3) is 0 Å². The fourth-order valence-electron chi connectivity index (χ4n) is 2.50. The molecule has 0 aliphatic carbocycles. The second-order valence-electron chi connectivity index (χ2n) is 5.84. The molecule has 0 spiro atoms. The second-order valence-corrected chi connectivity index (χ2v) is 6.69. The normalized spacial score (nSPS) is 11.0. The Morgan fingerprint density at radius 2 is 1.69 bits per heavy atom. The summed E-state index contributed by atoms with van der Waals surface area (Å²) in [5, 5.41) is 6.74. The maximum Gasteiger partial charge on any atom is 0.191 e. The molecule has 142 valence electrons. The zero-order valence-electron chi connectivity index (χ0n) is 15.8. The Morgan fingerprint density at radius 1 is 1.04 bits per heavy atom. The van der Waals surface area contributed by atoms with E-state index in [-0.39, 0.29) is 24.0 Å². The molecule has 0 atom stereocenters. The molecule has 2 aromatic rings. The molecule has 6 heteroatoms. The van der Waals surface area contributed by atoms with Gasteiger partial charge in [0.25, 0.3) is 0 Å². The summed E-state index contributed by atoms with van der Waals surface area (Å²) >= 11 is 1.77. The van der Waals surface area contributed by atoms with E-state index in [1.807, 2.05) is 0 Å². The van der Waals surface area contributed by atoms with Gasteiger partial charge in [0.2, 0.25) is 0 Å². The minimum atomic E-state index is 0. The van der Waals surface area contributed by atoms with Crippen LogP contribution >= 0.6 is 35.7 Å². The number of rotatable bonds is 7. The van der Waals surface area contributed by atoms with Crippen LogP contribution in [0.1, 0.15) is 22.3 Å². The van der Waals surface area contributed by atoms with Crippen LogP contribution in [0, 0.1) is 6.92 Å². The van der Waals surface area contributed by atoms with E-state index in [1.165, 1.54) is 27.1 Å². The summed E-state index contributed by atoms with van der Waals surface area (Å²) in [4.78, 5) is 5.61. The number of benzene rings is 2. The maximum absolute atomic E-state index is 5.14. The molecule has 2 rings (SSSR count). The van der Waals surface area contributed by atoms with Gasteiger partial charge in [-0.25, -0.2) is 0 Å². The summed E-state index contributed by atoms with van der Waals surface area (Å²) < 4.78 is 5.14. The molecule has 0 aliphatic heterocycles. The van der Waals surface area contributed by atoms with Gasteiger partial charge >= 0.3 is 0 Å². The monoisotopic (exact) mass is 485 g/mol. The van der Waals surface area contributed by atoms with Gasteiger partial charge in [-0.05, 0) is 41.5 Å². The van der Waals surface area contributed by atoms with Crippen LogP contribution < -0.4 is 10.6 Å². The van der Waals surface area contributed by atoms with Crippen LogP contribution in [-0.4, -0.2) is 26.4 Å². The molecule has 2 aromatic carbocycles. The minimum Gasteiger partial charge on any atom is -0.380 e. The van der Waals surface area contributed by atoms with Gasteiger partial charge in [0, 0.05) is 32.1 Å². The number of thioether (sulfide) groups is 1. The van der Waals surface area contributed by atoms with Crippen molar-refractivity contribution in [2.45, 2.75) is 31.5 Å². The number of aliphatic imine (C=N–C) groups is 1. The third-order valence-corrected chi connectivity index (χ3v) is 4.73. The van der Waals surface area contributed by atoms with Crippen molar-refractivity contribution in [3.8, 4) is 0 Å². The molecule has 0 saturated carbocycles. The minimum absolute atomic E-state index is 0. The summed E-state index contributed by atoms with van der Waals surface area (Å²) in [5.74, 6) is 0.800. The Balaban J connectivity index is 0.00000338. The quantitative estimate of drug-likeness (QED) is 0.265. The van der Waals surface area contributed by atoms with Gasteiger partial charge in [-0.15, -0.1) is 35.7 Å². The summed E-state index contributed by atoms with van der Waals surface area (Å²) in [5.41, 5.74) is 4.96. The van der Waals surface area contributed by atoms with Gasteiger partial charge < -0.3 is 15.4 Å². The Hall–Kier alpha value is -1.25. The summed E-state index contributed by atoms with van der Waals surface area (Å²) in [6.45, 7) is 4.25. The fourth-order valence-corrected chi connectivity index (χ4v) is 3.21. The lowest BCUT2D eigenvalue weighted by Gasteiger charge is -2.14. The lowest BCUT2D eigenvalue weighted by atomic mass is 10.1. The average Bonchev–Trinajstić information content (AvgIpc) is 2.64. The molecule has 0 heterocycles. The number of hydrogen-bond donors (Lipinski definition) is 2. The van der Waals surface area contributed by atoms with Gasteiger partial charge in [0.15, 0.2) is 5.96 Å². The molecule has 0 unspecified atom stereocenters. The molecule has 0 aliphatic rings. The van der Waals surface area contributed by atoms with Crippen LogP contribution in [0.4, 0.5) is 0 Å². The SMILES string of the molecule is CN=C(NCc1ccc(COC)cc1)NCc1ccc(C)cc1SC.I. The highest BCUT2D eigenvalue weighted by atomic mass is 127. The number of hydrogen-bond acceptors (Lipinski definition) is 3. The third kappa shape index (κ3) is 7.17. The predicted octanol–water partition coefficient (Wildman–Crippen LogP) is 4.35. The first-order valence-electron chi connectivity index (χ1n) is 8.31. The smallest absolute Gasteiger partial charge is 0.191 e. The number of methoxy groups -OCH3 is 1. The third-order valence-electron chi connectivity index (χ3n) is 3.91. The van der Waals surface area contributed by atoms with Crippen LogP contribution in [0.5, 0.6) is 0 Å². The van der Waals surface area contributed by atoms with Crippen molar-refractivity contribution in [1.82, 2.24) is 10.6 Å². The first-order valence-corrected chi connectivity index (χ1v) is 9.53. The van der Waals surface area contributed by atoms with Gasteiger partial charge in [-0.2, -0.15) is 0 Å². The first-order chi connectivity index (χ1) is 12.2. The van der Waals surface area contributed by atoms with E-state index < -0.39 is 0 Å². The van der Waals surface area contributed by atoms with E-state index >= 15 is 0 Å².